The molecule has 0 aliphatic carbocycles. The number of carbonyl (C=O) groups excluding carboxylic acids is 1. The lowest BCUT2D eigenvalue weighted by Gasteiger charge is -2.21. The minimum atomic E-state index is 0.128. The van der Waals surface area contributed by atoms with E-state index in [1.807, 2.05) is 11.9 Å². The van der Waals surface area contributed by atoms with Crippen LogP contribution in [0.1, 0.15) is 6.42 Å². The molecule has 1 amide bonds. The minimum absolute atomic E-state index is 0.128. The molecule has 1 saturated heterocycles. The number of nitrogens with zero attached hydrogens (tertiary/aromatic N) is 4. The van der Waals surface area contributed by atoms with Gasteiger partial charge in [-0.15, -0.1) is 0 Å². The van der Waals surface area contributed by atoms with Gasteiger partial charge < -0.3 is 9.80 Å². The van der Waals surface area contributed by atoms with Crippen LogP contribution in [-0.4, -0.2) is 47.5 Å². The van der Waals surface area contributed by atoms with Gasteiger partial charge in [0.15, 0.2) is 0 Å². The third-order valence-electron chi connectivity index (χ3n) is 2.62. The van der Waals surface area contributed by atoms with E-state index >= 15 is 0 Å². The van der Waals surface area contributed by atoms with E-state index in [1.165, 1.54) is 6.33 Å². The van der Waals surface area contributed by atoms with Gasteiger partial charge in [0.1, 0.15) is 12.1 Å². The Morgan fingerprint density at radius 3 is 3.00 bits per heavy atom. The van der Waals surface area contributed by atoms with Crippen LogP contribution in [0, 0.1) is 0 Å². The number of carbonyl (C=O) groups is 1. The summed E-state index contributed by atoms with van der Waals surface area (Å²) in [7, 11) is 1.83. The number of aromatic nitrogens is 2. The Hall–Kier alpha value is -1.17. The maximum absolute atomic E-state index is 11.7. The van der Waals surface area contributed by atoms with Crippen molar-refractivity contribution in [1.82, 2.24) is 14.9 Å². The van der Waals surface area contributed by atoms with Crippen LogP contribution < -0.4 is 4.90 Å². The molecule has 1 aromatic heterocycles. The molecule has 0 atom stereocenters. The molecule has 16 heavy (non-hydrogen) atoms. The van der Waals surface area contributed by atoms with Gasteiger partial charge in [0.05, 0.1) is 11.0 Å². The zero-order valence-corrected chi connectivity index (χ0v) is 10.6. The van der Waals surface area contributed by atoms with E-state index in [-0.39, 0.29) is 5.91 Å². The topological polar surface area (TPSA) is 49.3 Å². The Kier molecular flexibility index (Phi) is 3.38. The van der Waals surface area contributed by atoms with Crippen molar-refractivity contribution in [3.63, 3.8) is 0 Å². The summed E-state index contributed by atoms with van der Waals surface area (Å²) in [6.07, 6.45) is 4.15. The van der Waals surface area contributed by atoms with Crippen LogP contribution in [-0.2, 0) is 4.79 Å². The minimum Gasteiger partial charge on any atom is -0.346 e. The molecule has 1 aliphatic heterocycles. The molecule has 2 heterocycles. The molecule has 0 saturated carbocycles. The lowest BCUT2D eigenvalue weighted by atomic mass is 10.4. The Morgan fingerprint density at radius 1 is 1.44 bits per heavy atom. The Labute approximate surface area is 103 Å². The van der Waals surface area contributed by atoms with Crippen LogP contribution in [0.2, 0.25) is 0 Å². The van der Waals surface area contributed by atoms with Crippen molar-refractivity contribution in [2.24, 2.45) is 0 Å². The van der Waals surface area contributed by atoms with Crippen molar-refractivity contribution in [1.29, 1.82) is 0 Å². The van der Waals surface area contributed by atoms with Crippen LogP contribution in [0.25, 0.3) is 0 Å². The van der Waals surface area contributed by atoms with Crippen molar-refractivity contribution in [2.45, 2.75) is 6.42 Å². The fourth-order valence-electron chi connectivity index (χ4n) is 1.71. The SMILES string of the molecule is CN1CCCN(c2ncncc2Br)CC1=O. The zero-order chi connectivity index (χ0) is 11.5. The summed E-state index contributed by atoms with van der Waals surface area (Å²) in [5.41, 5.74) is 0. The predicted molar refractivity (Wildman–Crippen MR) is 64.2 cm³/mol. The average Bonchev–Trinajstić information content (AvgIpc) is 2.43. The van der Waals surface area contributed by atoms with Gasteiger partial charge >= 0.3 is 0 Å². The molecule has 2 rings (SSSR count). The number of anilines is 1. The molecule has 1 aromatic rings. The van der Waals surface area contributed by atoms with Crippen molar-refractivity contribution < 1.29 is 4.79 Å². The van der Waals surface area contributed by atoms with Gasteiger partial charge in [-0.3, -0.25) is 4.79 Å². The summed E-state index contributed by atoms with van der Waals surface area (Å²) in [6, 6.07) is 0. The standard InChI is InChI=1S/C10H13BrN4O/c1-14-3-2-4-15(6-9(14)16)10-8(11)5-12-7-13-10/h5,7H,2-4,6H2,1H3. The lowest BCUT2D eigenvalue weighted by molar-refractivity contribution is -0.127. The van der Waals surface area contributed by atoms with Gasteiger partial charge in [-0.2, -0.15) is 0 Å². The highest BCUT2D eigenvalue weighted by atomic mass is 79.9. The molecule has 0 N–H and O–H groups in total. The molecule has 0 bridgehead atoms. The molecule has 0 radical (unpaired) electrons. The second-order valence-corrected chi connectivity index (χ2v) is 4.64. The van der Waals surface area contributed by atoms with Crippen molar-refractivity contribution in [3.05, 3.63) is 17.0 Å². The normalized spacial score (nSPS) is 17.5. The first-order valence-electron chi connectivity index (χ1n) is 5.13. The molecule has 0 aromatic carbocycles. The van der Waals surface area contributed by atoms with Crippen LogP contribution in [0.15, 0.2) is 17.0 Å². The smallest absolute Gasteiger partial charge is 0.241 e. The van der Waals surface area contributed by atoms with Crippen molar-refractivity contribution in [3.8, 4) is 0 Å². The molecule has 0 unspecified atom stereocenters. The van der Waals surface area contributed by atoms with Gasteiger partial charge in [0.25, 0.3) is 0 Å². The average molecular weight is 285 g/mol. The van der Waals surface area contributed by atoms with E-state index in [2.05, 4.69) is 25.9 Å². The molecular formula is C10H13BrN4O. The Bertz CT molecular complexity index is 398. The summed E-state index contributed by atoms with van der Waals surface area (Å²) in [5.74, 6) is 0.918. The Balaban J connectivity index is 2.21. The molecule has 6 heteroatoms. The summed E-state index contributed by atoms with van der Waals surface area (Å²) < 4.78 is 0.826. The van der Waals surface area contributed by atoms with Gasteiger partial charge in [-0.25, -0.2) is 9.97 Å². The molecule has 5 nitrogen and oxygen atoms in total. The van der Waals surface area contributed by atoms with E-state index in [1.54, 1.807) is 11.1 Å². The maximum Gasteiger partial charge on any atom is 0.241 e. The predicted octanol–water partition coefficient (Wildman–Crippen LogP) is 0.908. The number of hydrogen-bond acceptors (Lipinski definition) is 4. The molecule has 86 valence electrons. The molecule has 0 spiro atoms. The monoisotopic (exact) mass is 284 g/mol. The number of hydrogen-bond donors (Lipinski definition) is 0. The first kappa shape index (κ1) is 11.3. The number of halogens is 1. The van der Waals surface area contributed by atoms with Gasteiger partial charge in [-0.05, 0) is 22.4 Å². The molecule has 1 fully saturated rings. The number of likely N-dealkylation sites (N-methyl/N-ethyl adjacent to an activating group) is 1. The maximum atomic E-state index is 11.7. The Morgan fingerprint density at radius 2 is 2.25 bits per heavy atom. The number of amides is 1. The molecular weight excluding hydrogens is 272 g/mol. The number of rotatable bonds is 1. The third-order valence-corrected chi connectivity index (χ3v) is 3.18. The highest BCUT2D eigenvalue weighted by Gasteiger charge is 2.21. The first-order chi connectivity index (χ1) is 7.68. The first-order valence-corrected chi connectivity index (χ1v) is 5.92. The van der Waals surface area contributed by atoms with Crippen LogP contribution in [0.4, 0.5) is 5.82 Å². The zero-order valence-electron chi connectivity index (χ0n) is 9.06. The van der Waals surface area contributed by atoms with Gasteiger partial charge in [0.2, 0.25) is 5.91 Å². The summed E-state index contributed by atoms with van der Waals surface area (Å²) in [6.45, 7) is 2.02. The van der Waals surface area contributed by atoms with Crippen LogP contribution in [0.3, 0.4) is 0 Å². The summed E-state index contributed by atoms with van der Waals surface area (Å²) in [4.78, 5) is 23.6. The van der Waals surface area contributed by atoms with E-state index in [0.29, 0.717) is 6.54 Å². The van der Waals surface area contributed by atoms with E-state index in [9.17, 15) is 4.79 Å². The van der Waals surface area contributed by atoms with Crippen molar-refractivity contribution in [2.75, 3.05) is 31.6 Å². The second kappa shape index (κ2) is 4.78. The van der Waals surface area contributed by atoms with Gasteiger partial charge in [-0.1, -0.05) is 0 Å². The van der Waals surface area contributed by atoms with E-state index in [4.69, 9.17) is 0 Å². The van der Waals surface area contributed by atoms with Crippen LogP contribution >= 0.6 is 15.9 Å². The summed E-state index contributed by atoms with van der Waals surface area (Å²) >= 11 is 3.40. The quantitative estimate of drug-likeness (QED) is 0.769. The lowest BCUT2D eigenvalue weighted by Crippen LogP contribution is -2.34. The van der Waals surface area contributed by atoms with Crippen molar-refractivity contribution >= 4 is 27.7 Å². The van der Waals surface area contributed by atoms with E-state index < -0.39 is 0 Å². The second-order valence-electron chi connectivity index (χ2n) is 3.78. The molecule has 1 aliphatic rings. The highest BCUT2D eigenvalue weighted by Crippen LogP contribution is 2.22. The largest absolute Gasteiger partial charge is 0.346 e. The highest BCUT2D eigenvalue weighted by molar-refractivity contribution is 9.10. The van der Waals surface area contributed by atoms with Crippen LogP contribution in [0.5, 0.6) is 0 Å². The van der Waals surface area contributed by atoms with Gasteiger partial charge in [0, 0.05) is 26.3 Å². The summed E-state index contributed by atoms with van der Waals surface area (Å²) in [5, 5.41) is 0. The van der Waals surface area contributed by atoms with E-state index in [0.717, 1.165) is 29.8 Å². The third kappa shape index (κ3) is 2.32. The fraction of sp³-hybridized carbons (Fsp3) is 0.500. The fourth-order valence-corrected chi connectivity index (χ4v) is 2.18.